The molecule has 7 N–H and O–H groups in total. The first-order valence-corrected chi connectivity index (χ1v) is 14.6. The molecule has 3 unspecified atom stereocenters. The van der Waals surface area contributed by atoms with Gasteiger partial charge < -0.3 is 35.7 Å². The van der Waals surface area contributed by atoms with E-state index in [0.717, 1.165) is 0 Å². The zero-order valence-corrected chi connectivity index (χ0v) is 24.4. The van der Waals surface area contributed by atoms with E-state index < -0.39 is 120 Å². The summed E-state index contributed by atoms with van der Waals surface area (Å²) >= 11 is 2.78. The van der Waals surface area contributed by atoms with Crippen LogP contribution in [-0.4, -0.2) is 93.7 Å². The van der Waals surface area contributed by atoms with Crippen molar-refractivity contribution >= 4 is 55.1 Å². The number of halogens is 4. The van der Waals surface area contributed by atoms with Gasteiger partial charge in [-0.05, 0) is 44.5 Å². The van der Waals surface area contributed by atoms with Gasteiger partial charge >= 0.3 is 15.6 Å². The van der Waals surface area contributed by atoms with Gasteiger partial charge in [0, 0.05) is 11.5 Å². The zero-order valence-electron chi connectivity index (χ0n) is 22.0. The molecule has 1 aromatic carbocycles. The number of nitrogens with one attached hydrogen (secondary N) is 1. The average molecular weight is 698 g/mol. The Kier molecular flexibility index (Phi) is 7.87. The molecule has 0 radical (unpaired) electrons. The van der Waals surface area contributed by atoms with Crippen molar-refractivity contribution < 1.29 is 65.4 Å². The summed E-state index contributed by atoms with van der Waals surface area (Å²) in [6.45, 7) is 0. The van der Waals surface area contributed by atoms with E-state index in [1.807, 2.05) is 5.32 Å². The molecule has 0 heterocycles. The maximum absolute atomic E-state index is 13.7. The number of nitrogens with zero attached hydrogens (tertiary/aromatic N) is 1. The predicted octanol–water partition coefficient (Wildman–Crippen LogP) is 0.682. The lowest BCUT2D eigenvalue weighted by Gasteiger charge is -2.50. The highest BCUT2D eigenvalue weighted by Crippen LogP contribution is 2.54. The van der Waals surface area contributed by atoms with E-state index in [9.17, 15) is 61.2 Å². The number of aromatic hydroxyl groups is 1. The number of anilines is 1. The van der Waals surface area contributed by atoms with Gasteiger partial charge in [0.25, 0.3) is 5.91 Å². The van der Waals surface area contributed by atoms with Crippen molar-refractivity contribution in [1.29, 1.82) is 0 Å². The van der Waals surface area contributed by atoms with Crippen LogP contribution in [-0.2, 0) is 30.9 Å². The monoisotopic (exact) mass is 697 g/mol. The van der Waals surface area contributed by atoms with Crippen molar-refractivity contribution in [3.05, 3.63) is 39.9 Å². The van der Waals surface area contributed by atoms with Gasteiger partial charge in [0.1, 0.15) is 22.8 Å². The van der Waals surface area contributed by atoms with Crippen LogP contribution in [0.3, 0.4) is 0 Å². The summed E-state index contributed by atoms with van der Waals surface area (Å²) in [5.74, 6) is -12.1. The van der Waals surface area contributed by atoms with E-state index in [4.69, 9.17) is 5.73 Å². The summed E-state index contributed by atoms with van der Waals surface area (Å²) in [5.41, 5.74) is -7.21. The molecular formula is C24H23BrF3N3O11S. The van der Waals surface area contributed by atoms with E-state index in [0.29, 0.717) is 6.07 Å². The highest BCUT2D eigenvalue weighted by Gasteiger charge is 2.63. The second-order valence-corrected chi connectivity index (χ2v) is 12.4. The van der Waals surface area contributed by atoms with Gasteiger partial charge in [0.05, 0.1) is 16.9 Å². The Morgan fingerprint density at radius 1 is 1.23 bits per heavy atom. The second kappa shape index (κ2) is 10.5. The molecule has 234 valence electrons. The van der Waals surface area contributed by atoms with Crippen molar-refractivity contribution in [3.8, 4) is 11.5 Å². The number of benzene rings is 1. The van der Waals surface area contributed by atoms with E-state index in [2.05, 4.69) is 20.1 Å². The van der Waals surface area contributed by atoms with Crippen LogP contribution in [0.4, 0.5) is 18.9 Å². The summed E-state index contributed by atoms with van der Waals surface area (Å²) in [5, 5.41) is 46.1. The molecule has 3 aliphatic rings. The lowest BCUT2D eigenvalue weighted by atomic mass is 9.58. The van der Waals surface area contributed by atoms with Crippen molar-refractivity contribution in [2.45, 2.75) is 30.0 Å². The zero-order chi connectivity index (χ0) is 32.6. The fraction of sp³-hybridized carbons (Fsp3) is 0.417. The summed E-state index contributed by atoms with van der Waals surface area (Å²) in [4.78, 5) is 52.5. The van der Waals surface area contributed by atoms with Gasteiger partial charge in [0.15, 0.2) is 22.9 Å². The normalized spacial score (nSPS) is 25.7. The van der Waals surface area contributed by atoms with Crippen molar-refractivity contribution in [1.82, 2.24) is 4.90 Å². The van der Waals surface area contributed by atoms with Gasteiger partial charge in [-0.1, -0.05) is 15.9 Å². The van der Waals surface area contributed by atoms with Crippen LogP contribution in [0.25, 0.3) is 0 Å². The number of fused-ring (bicyclic) bond motifs is 3. The van der Waals surface area contributed by atoms with Gasteiger partial charge in [-0.3, -0.25) is 24.1 Å². The van der Waals surface area contributed by atoms with E-state index >= 15 is 0 Å². The minimum atomic E-state index is -6.33. The summed E-state index contributed by atoms with van der Waals surface area (Å²) < 4.78 is 67.1. The maximum Gasteiger partial charge on any atom is 0.534 e. The number of carbonyl (C=O) groups excluding carboxylic acids is 4. The van der Waals surface area contributed by atoms with E-state index in [-0.39, 0.29) is 12.0 Å². The first kappa shape index (κ1) is 32.2. The Morgan fingerprint density at radius 2 is 1.84 bits per heavy atom. The highest BCUT2D eigenvalue weighted by atomic mass is 79.9. The molecule has 0 spiro atoms. The number of ketones is 2. The third-order valence-electron chi connectivity index (χ3n) is 7.55. The quantitative estimate of drug-likeness (QED) is 0.0792. The minimum absolute atomic E-state index is 0.264. The molecule has 1 aromatic rings. The van der Waals surface area contributed by atoms with Crippen molar-refractivity contribution in [2.24, 2.45) is 17.6 Å². The Labute approximate surface area is 248 Å². The molecule has 4 atom stereocenters. The van der Waals surface area contributed by atoms with E-state index in [1.165, 1.54) is 19.0 Å². The van der Waals surface area contributed by atoms with Crippen LogP contribution in [0, 0.1) is 11.8 Å². The third-order valence-corrected chi connectivity index (χ3v) is 9.02. The fourth-order valence-electron chi connectivity index (χ4n) is 5.80. The number of aliphatic hydroxyl groups excluding tert-OH is 2. The van der Waals surface area contributed by atoms with Crippen LogP contribution in [0.5, 0.6) is 11.5 Å². The second-order valence-electron chi connectivity index (χ2n) is 10.3. The number of nitrogens with two attached hydrogens (primary N) is 1. The van der Waals surface area contributed by atoms with E-state index in [1.54, 1.807) is 0 Å². The van der Waals surface area contributed by atoms with Gasteiger partial charge in [-0.2, -0.15) is 21.6 Å². The molecule has 43 heavy (non-hydrogen) atoms. The molecular weight excluding hydrogens is 675 g/mol. The number of Topliss-reactive ketones (excluding diaryl/α,β-unsaturated/α-hetero) is 2. The number of phenolic OH excluding ortho intramolecular Hbond substituents is 1. The van der Waals surface area contributed by atoms with Crippen molar-refractivity contribution in [2.75, 3.05) is 24.7 Å². The molecule has 0 aliphatic heterocycles. The fourth-order valence-corrected chi connectivity index (χ4v) is 6.41. The molecule has 3 aliphatic carbocycles. The van der Waals surface area contributed by atoms with Gasteiger partial charge in [0.2, 0.25) is 11.7 Å². The number of allylic oxidation sites excluding steroid dienone is 1. The molecule has 0 bridgehead atoms. The molecule has 0 saturated heterocycles. The van der Waals surface area contributed by atoms with Crippen LogP contribution >= 0.6 is 15.9 Å². The number of hydrogen-bond acceptors (Lipinski definition) is 12. The lowest BCUT2D eigenvalue weighted by molar-refractivity contribution is -0.148. The highest BCUT2D eigenvalue weighted by molar-refractivity contribution is 9.09. The van der Waals surface area contributed by atoms with Crippen molar-refractivity contribution in [3.63, 3.8) is 0 Å². The molecule has 19 heteroatoms. The summed E-state index contributed by atoms with van der Waals surface area (Å²) in [6, 6.07) is -0.608. The number of primary amides is 1. The topological polar surface area (TPSA) is 234 Å². The first-order chi connectivity index (χ1) is 19.7. The first-order valence-electron chi connectivity index (χ1n) is 12.1. The van der Waals surface area contributed by atoms with Crippen LogP contribution in [0.2, 0.25) is 0 Å². The number of likely N-dealkylation sites (N-methyl/N-ethyl adjacent to an activating group) is 1. The Morgan fingerprint density at radius 3 is 2.35 bits per heavy atom. The number of alkyl halides is 4. The van der Waals surface area contributed by atoms with Gasteiger partial charge in [-0.15, -0.1) is 0 Å². The summed E-state index contributed by atoms with van der Waals surface area (Å²) in [7, 11) is -3.49. The molecule has 2 amide bonds. The summed E-state index contributed by atoms with van der Waals surface area (Å²) in [6.07, 6.45) is -0.733. The smallest absolute Gasteiger partial charge is 0.510 e. The third kappa shape index (κ3) is 4.83. The standard InChI is InChI=1S/C24H23BrF3N3O11S/c1-31(2)16-9-4-7-3-8-5-10(42-43(40,41)24(26,27)28)15(30-11(32)6-25)18(34)12(8)17(33)13(7)20(36)23(9,39)21(37)14(19(16)35)22(29)38/h5,7,9,16,34-36,39H,3-4,6H2,1-2H3,(H2,29,38)(H,30,32)/t7?,9?,16-,23?/m0/s1. The maximum atomic E-state index is 13.7. The molecule has 14 nitrogen and oxygen atoms in total. The molecule has 0 saturated carbocycles. The Hall–Kier alpha value is -3.68. The number of aliphatic hydroxyl groups is 3. The number of phenols is 1. The average Bonchev–Trinajstić information content (AvgIpc) is 2.86. The largest absolute Gasteiger partial charge is 0.534 e. The minimum Gasteiger partial charge on any atom is -0.510 e. The molecule has 0 aromatic heterocycles. The van der Waals surface area contributed by atoms with Crippen LogP contribution < -0.4 is 15.2 Å². The molecule has 0 fully saturated rings. The molecule has 4 rings (SSSR count). The number of rotatable bonds is 6. The van der Waals surface area contributed by atoms with Crippen LogP contribution in [0.15, 0.2) is 28.7 Å². The van der Waals surface area contributed by atoms with Crippen LogP contribution in [0.1, 0.15) is 22.3 Å². The van der Waals surface area contributed by atoms with Gasteiger partial charge in [-0.25, -0.2) is 0 Å². The number of hydrogen-bond donors (Lipinski definition) is 6. The lowest BCUT2D eigenvalue weighted by Crippen LogP contribution is -2.63. The Balaban J connectivity index is 1.96. The number of carbonyl (C=O) groups is 4. The Bertz CT molecular complexity index is 1660. The SMILES string of the molecule is CN(C)[C@@H]1C(O)=C(C(N)=O)C(=O)C2(O)C(O)=C3C(=O)c4c(cc(OS(=O)(=O)C(F)(F)F)c(NC(=O)CBr)c4O)CC3CC12. The predicted molar refractivity (Wildman–Crippen MR) is 142 cm³/mol. The number of amides is 2.